The number of rotatable bonds is 4. The molecule has 0 radical (unpaired) electrons. The van der Waals surface area contributed by atoms with Crippen LogP contribution in [0.2, 0.25) is 0 Å². The molecule has 0 amide bonds. The summed E-state index contributed by atoms with van der Waals surface area (Å²) >= 11 is 0. The summed E-state index contributed by atoms with van der Waals surface area (Å²) in [5.74, 6) is 1.09. The van der Waals surface area contributed by atoms with Crippen molar-refractivity contribution in [2.24, 2.45) is 5.73 Å². The van der Waals surface area contributed by atoms with E-state index in [1.807, 2.05) is 12.4 Å². The minimum absolute atomic E-state index is 0.213. The van der Waals surface area contributed by atoms with Crippen molar-refractivity contribution in [3.05, 3.63) is 18.2 Å². The van der Waals surface area contributed by atoms with Crippen LogP contribution in [0.4, 0.5) is 0 Å². The molecule has 2 N–H and O–H groups in total. The minimum Gasteiger partial charge on any atom is -0.380 e. The Morgan fingerprint density at radius 1 is 1.62 bits per heavy atom. The van der Waals surface area contributed by atoms with Gasteiger partial charge in [0.05, 0.1) is 6.61 Å². The highest BCUT2D eigenvalue weighted by Gasteiger charge is 2.30. The van der Waals surface area contributed by atoms with E-state index < -0.39 is 0 Å². The van der Waals surface area contributed by atoms with Crippen LogP contribution in [0.1, 0.15) is 32.0 Å². The molecule has 1 aromatic heterocycles. The van der Waals surface area contributed by atoms with E-state index in [1.165, 1.54) is 0 Å². The summed E-state index contributed by atoms with van der Waals surface area (Å²) in [6.07, 6.45) is 7.93. The summed E-state index contributed by atoms with van der Waals surface area (Å²) in [5, 5.41) is 0. The van der Waals surface area contributed by atoms with Gasteiger partial charge >= 0.3 is 0 Å². The van der Waals surface area contributed by atoms with Crippen molar-refractivity contribution in [1.29, 1.82) is 0 Å². The van der Waals surface area contributed by atoms with Gasteiger partial charge in [-0.15, -0.1) is 0 Å². The zero-order chi connectivity index (χ0) is 11.4. The highest BCUT2D eigenvalue weighted by molar-refractivity contribution is 5.01. The van der Waals surface area contributed by atoms with Crippen LogP contribution < -0.4 is 5.73 Å². The molecule has 0 aromatic carbocycles. The van der Waals surface area contributed by atoms with Crippen LogP contribution in [0.3, 0.4) is 0 Å². The summed E-state index contributed by atoms with van der Waals surface area (Å²) in [6.45, 7) is 4.70. The summed E-state index contributed by atoms with van der Waals surface area (Å²) in [4.78, 5) is 4.40. The first-order valence-corrected chi connectivity index (χ1v) is 6.10. The van der Waals surface area contributed by atoms with Crippen LogP contribution in [0.15, 0.2) is 12.4 Å². The van der Waals surface area contributed by atoms with Crippen molar-refractivity contribution in [2.75, 3.05) is 13.2 Å². The van der Waals surface area contributed by atoms with Gasteiger partial charge in [0.25, 0.3) is 0 Å². The van der Waals surface area contributed by atoms with E-state index in [4.69, 9.17) is 10.5 Å². The van der Waals surface area contributed by atoms with Gasteiger partial charge in [-0.1, -0.05) is 6.92 Å². The van der Waals surface area contributed by atoms with Crippen LogP contribution in [0, 0.1) is 0 Å². The molecular formula is C12H21N3O. The average Bonchev–Trinajstić information content (AvgIpc) is 2.67. The molecule has 1 aliphatic heterocycles. The standard InChI is InChI=1S/C12H21N3O/c1-2-6-15-7-5-14-11(15)9-12(13)4-3-8-16-10-12/h5,7H,2-4,6,8-10,13H2,1H3. The van der Waals surface area contributed by atoms with Gasteiger partial charge in [0.15, 0.2) is 0 Å². The smallest absolute Gasteiger partial charge is 0.110 e. The van der Waals surface area contributed by atoms with Crippen LogP contribution in [-0.4, -0.2) is 28.3 Å². The maximum absolute atomic E-state index is 6.34. The monoisotopic (exact) mass is 223 g/mol. The van der Waals surface area contributed by atoms with Crippen LogP contribution >= 0.6 is 0 Å². The summed E-state index contributed by atoms with van der Waals surface area (Å²) in [7, 11) is 0. The van der Waals surface area contributed by atoms with E-state index in [-0.39, 0.29) is 5.54 Å². The van der Waals surface area contributed by atoms with Crippen molar-refractivity contribution in [2.45, 2.75) is 44.7 Å². The molecule has 1 saturated heterocycles. The Bertz CT molecular complexity index is 329. The first kappa shape index (κ1) is 11.6. The second-order valence-corrected chi connectivity index (χ2v) is 4.73. The number of nitrogens with two attached hydrogens (primary N) is 1. The second-order valence-electron chi connectivity index (χ2n) is 4.73. The number of hydrogen-bond acceptors (Lipinski definition) is 3. The fourth-order valence-electron chi connectivity index (χ4n) is 2.28. The van der Waals surface area contributed by atoms with E-state index in [1.54, 1.807) is 0 Å². The molecule has 0 aliphatic carbocycles. The van der Waals surface area contributed by atoms with Gasteiger partial charge in [-0.2, -0.15) is 0 Å². The third-order valence-electron chi connectivity index (χ3n) is 3.13. The van der Waals surface area contributed by atoms with Crippen LogP contribution in [0.25, 0.3) is 0 Å². The summed E-state index contributed by atoms with van der Waals surface area (Å²) < 4.78 is 7.67. The van der Waals surface area contributed by atoms with E-state index in [2.05, 4.69) is 16.5 Å². The predicted molar refractivity (Wildman–Crippen MR) is 63.2 cm³/mol. The van der Waals surface area contributed by atoms with Gasteiger partial charge in [0, 0.05) is 37.5 Å². The zero-order valence-corrected chi connectivity index (χ0v) is 9.98. The average molecular weight is 223 g/mol. The quantitative estimate of drug-likeness (QED) is 0.838. The molecule has 1 aromatic rings. The molecule has 2 rings (SSSR count). The van der Waals surface area contributed by atoms with Gasteiger partial charge in [0.2, 0.25) is 0 Å². The molecule has 1 fully saturated rings. The Labute approximate surface area is 96.8 Å². The van der Waals surface area contributed by atoms with Crippen LogP contribution in [-0.2, 0) is 17.7 Å². The molecule has 2 heterocycles. The largest absolute Gasteiger partial charge is 0.380 e. The van der Waals surface area contributed by atoms with Crippen LogP contribution in [0.5, 0.6) is 0 Å². The first-order chi connectivity index (χ1) is 7.73. The number of aryl methyl sites for hydroxylation is 1. The van der Waals surface area contributed by atoms with Crippen molar-refractivity contribution < 1.29 is 4.74 Å². The maximum atomic E-state index is 6.34. The molecule has 1 atom stereocenters. The predicted octanol–water partition coefficient (Wildman–Crippen LogP) is 1.34. The number of hydrogen-bond donors (Lipinski definition) is 1. The molecule has 0 bridgehead atoms. The fraction of sp³-hybridized carbons (Fsp3) is 0.750. The summed E-state index contributed by atoms with van der Waals surface area (Å²) in [5.41, 5.74) is 6.12. The molecule has 4 heteroatoms. The Balaban J connectivity index is 2.04. The second kappa shape index (κ2) is 4.97. The Hall–Kier alpha value is -0.870. The topological polar surface area (TPSA) is 53.1 Å². The number of aromatic nitrogens is 2. The Morgan fingerprint density at radius 2 is 2.50 bits per heavy atom. The fourth-order valence-corrected chi connectivity index (χ4v) is 2.28. The Morgan fingerprint density at radius 3 is 3.19 bits per heavy atom. The molecule has 1 aliphatic rings. The molecule has 0 saturated carbocycles. The zero-order valence-electron chi connectivity index (χ0n) is 9.98. The van der Waals surface area contributed by atoms with E-state index >= 15 is 0 Å². The highest BCUT2D eigenvalue weighted by atomic mass is 16.5. The minimum atomic E-state index is -0.213. The lowest BCUT2D eigenvalue weighted by Gasteiger charge is -2.33. The van der Waals surface area contributed by atoms with E-state index in [0.717, 1.165) is 44.7 Å². The molecule has 0 spiro atoms. The van der Waals surface area contributed by atoms with Gasteiger partial charge in [0.1, 0.15) is 5.82 Å². The lowest BCUT2D eigenvalue weighted by atomic mass is 9.90. The third kappa shape index (κ3) is 2.62. The lowest BCUT2D eigenvalue weighted by molar-refractivity contribution is 0.0371. The van der Waals surface area contributed by atoms with Gasteiger partial charge < -0.3 is 15.0 Å². The van der Waals surface area contributed by atoms with E-state index in [9.17, 15) is 0 Å². The Kier molecular flexibility index (Phi) is 3.61. The SMILES string of the molecule is CCCn1ccnc1CC1(N)CCCOC1. The van der Waals surface area contributed by atoms with Crippen molar-refractivity contribution in [3.63, 3.8) is 0 Å². The highest BCUT2D eigenvalue weighted by Crippen LogP contribution is 2.20. The summed E-state index contributed by atoms with van der Waals surface area (Å²) in [6, 6.07) is 0. The van der Waals surface area contributed by atoms with Gasteiger partial charge in [-0.25, -0.2) is 4.98 Å². The number of ether oxygens (including phenoxy) is 1. The lowest BCUT2D eigenvalue weighted by Crippen LogP contribution is -2.49. The van der Waals surface area contributed by atoms with Crippen molar-refractivity contribution >= 4 is 0 Å². The van der Waals surface area contributed by atoms with Crippen molar-refractivity contribution in [1.82, 2.24) is 9.55 Å². The normalized spacial score (nSPS) is 25.9. The van der Waals surface area contributed by atoms with Crippen molar-refractivity contribution in [3.8, 4) is 0 Å². The molecule has 1 unspecified atom stereocenters. The first-order valence-electron chi connectivity index (χ1n) is 6.10. The van der Waals surface area contributed by atoms with E-state index in [0.29, 0.717) is 6.61 Å². The number of nitrogens with zero attached hydrogens (tertiary/aromatic N) is 2. The number of imidazole rings is 1. The molecule has 16 heavy (non-hydrogen) atoms. The maximum Gasteiger partial charge on any atom is 0.110 e. The van der Waals surface area contributed by atoms with Gasteiger partial charge in [-0.05, 0) is 19.3 Å². The molecule has 90 valence electrons. The van der Waals surface area contributed by atoms with Gasteiger partial charge in [-0.3, -0.25) is 0 Å². The third-order valence-corrected chi connectivity index (χ3v) is 3.13. The molecule has 4 nitrogen and oxygen atoms in total. The molecular weight excluding hydrogens is 202 g/mol.